The van der Waals surface area contributed by atoms with E-state index < -0.39 is 5.60 Å². The van der Waals surface area contributed by atoms with Gasteiger partial charge in [0.1, 0.15) is 11.0 Å². The van der Waals surface area contributed by atoms with E-state index in [0.717, 1.165) is 53.4 Å². The molecule has 1 saturated carbocycles. The van der Waals surface area contributed by atoms with E-state index in [9.17, 15) is 5.11 Å². The topological polar surface area (TPSA) is 102 Å². The van der Waals surface area contributed by atoms with Crippen LogP contribution >= 0.6 is 0 Å². The largest absolute Gasteiger partial charge is 0.479 e. The molecule has 32 heavy (non-hydrogen) atoms. The first-order valence-electron chi connectivity index (χ1n) is 11.1. The predicted octanol–water partition coefficient (Wildman–Crippen LogP) is 3.84. The molecule has 1 aliphatic carbocycles. The molecule has 0 unspecified atom stereocenters. The highest BCUT2D eigenvalue weighted by molar-refractivity contribution is 5.89. The maximum atomic E-state index is 10.2. The Morgan fingerprint density at radius 2 is 2.00 bits per heavy atom. The Hall–Kier alpha value is -3.20. The second-order valence-electron chi connectivity index (χ2n) is 9.21. The molecule has 2 N–H and O–H groups in total. The second kappa shape index (κ2) is 7.74. The molecule has 0 atom stereocenters. The van der Waals surface area contributed by atoms with Crippen LogP contribution in [0.3, 0.4) is 0 Å². The minimum atomic E-state index is -0.572. The van der Waals surface area contributed by atoms with Gasteiger partial charge in [0.05, 0.1) is 18.2 Å². The quantitative estimate of drug-likeness (QED) is 0.491. The Morgan fingerprint density at radius 1 is 1.22 bits per heavy atom. The summed E-state index contributed by atoms with van der Waals surface area (Å²) in [4.78, 5) is 4.65. The van der Waals surface area contributed by atoms with Gasteiger partial charge in [0.2, 0.25) is 11.8 Å². The average molecular weight is 436 g/mol. The number of aliphatic hydroxyl groups is 1. The molecule has 1 aliphatic rings. The molecule has 0 aliphatic heterocycles. The summed E-state index contributed by atoms with van der Waals surface area (Å²) in [6, 6.07) is 8.61. The number of nitrogens with zero attached hydrogens (tertiary/aromatic N) is 6. The lowest BCUT2D eigenvalue weighted by atomic mass is 9.84. The summed E-state index contributed by atoms with van der Waals surface area (Å²) >= 11 is 0. The number of methoxy groups -OCH3 is 1. The summed E-state index contributed by atoms with van der Waals surface area (Å²) in [5.41, 5.74) is 4.11. The highest BCUT2D eigenvalue weighted by Crippen LogP contribution is 2.34. The lowest BCUT2D eigenvalue weighted by Gasteiger charge is -2.33. The molecule has 9 heteroatoms. The normalized spacial score (nSPS) is 21.5. The Morgan fingerprint density at radius 3 is 2.72 bits per heavy atom. The number of aromatic nitrogens is 6. The van der Waals surface area contributed by atoms with Crippen molar-refractivity contribution in [3.05, 3.63) is 30.5 Å². The van der Waals surface area contributed by atoms with Crippen LogP contribution in [0.25, 0.3) is 27.7 Å². The third-order valence-corrected chi connectivity index (χ3v) is 6.34. The van der Waals surface area contributed by atoms with E-state index in [0.29, 0.717) is 11.8 Å². The molecule has 0 radical (unpaired) electrons. The first kappa shape index (κ1) is 20.7. The van der Waals surface area contributed by atoms with Gasteiger partial charge < -0.3 is 15.2 Å². The number of hydrogen-bond donors (Lipinski definition) is 2. The number of fused-ring (bicyclic) bond motifs is 2. The van der Waals surface area contributed by atoms with Crippen molar-refractivity contribution in [2.45, 2.75) is 64.1 Å². The minimum Gasteiger partial charge on any atom is -0.479 e. The number of hydrogen-bond acceptors (Lipinski definition) is 7. The number of anilines is 1. The van der Waals surface area contributed by atoms with Crippen LogP contribution in [0.5, 0.6) is 5.88 Å². The van der Waals surface area contributed by atoms with Gasteiger partial charge in [0.25, 0.3) is 0 Å². The molecule has 5 rings (SSSR count). The summed E-state index contributed by atoms with van der Waals surface area (Å²) in [6.45, 7) is 6.08. The van der Waals surface area contributed by atoms with Gasteiger partial charge >= 0.3 is 0 Å². The number of nitrogens with one attached hydrogen (secondary N) is 1. The fraction of sp³-hybridized carbons (Fsp3) is 0.478. The van der Waals surface area contributed by atoms with Crippen molar-refractivity contribution in [3.63, 3.8) is 0 Å². The average Bonchev–Trinajstić information content (AvgIpc) is 3.38. The van der Waals surface area contributed by atoms with E-state index in [1.165, 1.54) is 0 Å². The van der Waals surface area contributed by atoms with Crippen LogP contribution in [-0.4, -0.2) is 53.5 Å². The van der Waals surface area contributed by atoms with Crippen molar-refractivity contribution >= 4 is 22.5 Å². The van der Waals surface area contributed by atoms with Crippen molar-refractivity contribution in [1.82, 2.24) is 29.6 Å². The zero-order chi connectivity index (χ0) is 22.5. The second-order valence-corrected chi connectivity index (χ2v) is 9.21. The predicted molar refractivity (Wildman–Crippen MR) is 123 cm³/mol. The highest BCUT2D eigenvalue weighted by atomic mass is 16.5. The van der Waals surface area contributed by atoms with Crippen LogP contribution in [0.4, 0.5) is 5.95 Å². The van der Waals surface area contributed by atoms with Gasteiger partial charge in [-0.25, -0.2) is 9.20 Å². The minimum absolute atomic E-state index is 0.219. The van der Waals surface area contributed by atoms with Crippen LogP contribution < -0.4 is 10.1 Å². The molecule has 3 aromatic heterocycles. The molecule has 3 heterocycles. The van der Waals surface area contributed by atoms with E-state index in [2.05, 4.69) is 45.6 Å². The molecule has 168 valence electrons. The van der Waals surface area contributed by atoms with Gasteiger partial charge in [0, 0.05) is 23.8 Å². The maximum Gasteiger partial charge on any atom is 0.244 e. The maximum absolute atomic E-state index is 10.2. The van der Waals surface area contributed by atoms with E-state index >= 15 is 0 Å². The van der Waals surface area contributed by atoms with Gasteiger partial charge in [-0.3, -0.25) is 0 Å². The van der Waals surface area contributed by atoms with E-state index in [4.69, 9.17) is 4.74 Å². The summed E-state index contributed by atoms with van der Waals surface area (Å²) in [5, 5.41) is 26.8. The summed E-state index contributed by atoms with van der Waals surface area (Å²) in [7, 11) is 1.63. The summed E-state index contributed by atoms with van der Waals surface area (Å²) in [5.74, 6) is 1.04. The molecule has 9 nitrogen and oxygen atoms in total. The third-order valence-electron chi connectivity index (χ3n) is 6.34. The molecule has 4 aromatic rings. The Balaban J connectivity index is 1.51. The van der Waals surface area contributed by atoms with Gasteiger partial charge in [-0.05, 0) is 70.2 Å². The van der Waals surface area contributed by atoms with E-state index in [1.54, 1.807) is 7.11 Å². The van der Waals surface area contributed by atoms with Gasteiger partial charge in [0.15, 0.2) is 0 Å². The zero-order valence-corrected chi connectivity index (χ0v) is 18.9. The molecule has 0 amide bonds. The number of rotatable bonds is 5. The fourth-order valence-corrected chi connectivity index (χ4v) is 4.48. The van der Waals surface area contributed by atoms with Crippen LogP contribution in [0.1, 0.15) is 52.5 Å². The SMILES string of the molecule is COc1nc(NC2CCC(C)(O)CC2)nn2ccc(-c3ccc4nnn(C(C)C)c4c3)c12. The molecular weight excluding hydrogens is 406 g/mol. The molecule has 1 fully saturated rings. The van der Waals surface area contributed by atoms with Gasteiger partial charge in [-0.2, -0.15) is 4.98 Å². The third kappa shape index (κ3) is 3.66. The Labute approximate surface area is 186 Å². The molecule has 0 spiro atoms. The van der Waals surface area contributed by atoms with Crippen LogP contribution in [0.15, 0.2) is 30.5 Å². The zero-order valence-electron chi connectivity index (χ0n) is 18.9. The smallest absolute Gasteiger partial charge is 0.244 e. The lowest BCUT2D eigenvalue weighted by Crippen LogP contribution is -2.36. The van der Waals surface area contributed by atoms with Gasteiger partial charge in [-0.15, -0.1) is 10.2 Å². The van der Waals surface area contributed by atoms with Crippen molar-refractivity contribution < 1.29 is 9.84 Å². The summed E-state index contributed by atoms with van der Waals surface area (Å²) < 4.78 is 9.40. The molecule has 0 bridgehead atoms. The van der Waals surface area contributed by atoms with Crippen LogP contribution in [0.2, 0.25) is 0 Å². The van der Waals surface area contributed by atoms with Crippen LogP contribution in [0, 0.1) is 0 Å². The molecule has 1 aromatic carbocycles. The monoisotopic (exact) mass is 435 g/mol. The van der Waals surface area contributed by atoms with E-state index in [-0.39, 0.29) is 12.1 Å². The number of ether oxygens (including phenoxy) is 1. The van der Waals surface area contributed by atoms with E-state index in [1.807, 2.05) is 40.5 Å². The lowest BCUT2D eigenvalue weighted by molar-refractivity contribution is 0.0195. The molecular formula is C23H29N7O2. The van der Waals surface area contributed by atoms with Crippen molar-refractivity contribution in [2.75, 3.05) is 12.4 Å². The van der Waals surface area contributed by atoms with Crippen molar-refractivity contribution in [2.24, 2.45) is 0 Å². The van der Waals surface area contributed by atoms with Crippen LogP contribution in [-0.2, 0) is 0 Å². The van der Waals surface area contributed by atoms with Gasteiger partial charge in [-0.1, -0.05) is 11.3 Å². The summed E-state index contributed by atoms with van der Waals surface area (Å²) in [6.07, 6.45) is 5.22. The van der Waals surface area contributed by atoms with Crippen molar-refractivity contribution in [3.8, 4) is 17.0 Å². The standard InChI is InChI=1S/C23H29N7O2/c1-14(2)30-19-13-15(5-6-18(19)26-28-30)17-9-12-29-20(17)21(32-4)25-22(27-29)24-16-7-10-23(3,31)11-8-16/h5-6,9,12-14,16,31H,7-8,10-11H2,1-4H3,(H,24,27). The van der Waals surface area contributed by atoms with Crippen molar-refractivity contribution in [1.29, 1.82) is 0 Å². The Bertz CT molecular complexity index is 1260. The highest BCUT2D eigenvalue weighted by Gasteiger charge is 2.29. The number of benzene rings is 1. The first-order valence-corrected chi connectivity index (χ1v) is 11.1. The fourth-order valence-electron chi connectivity index (χ4n) is 4.48. The molecule has 0 saturated heterocycles. The first-order chi connectivity index (χ1) is 15.3. The Kier molecular flexibility index (Phi) is 5.00.